The van der Waals surface area contributed by atoms with Crippen LogP contribution in [0.1, 0.15) is 26.4 Å². The molecule has 31 heavy (non-hydrogen) atoms. The summed E-state index contributed by atoms with van der Waals surface area (Å²) in [4.78, 5) is 27.7. The Bertz CT molecular complexity index is 1290. The highest BCUT2D eigenvalue weighted by molar-refractivity contribution is 6.39. The van der Waals surface area contributed by atoms with E-state index in [1.807, 2.05) is 49.5 Å². The Hall–Kier alpha value is -3.57. The molecule has 0 aliphatic carbocycles. The number of anilines is 2. The lowest BCUT2D eigenvalue weighted by molar-refractivity contribution is 0.0987. The number of amides is 2. The summed E-state index contributed by atoms with van der Waals surface area (Å²) in [6.45, 7) is 0.677. The van der Waals surface area contributed by atoms with Gasteiger partial charge in [0.15, 0.2) is 0 Å². The maximum Gasteiger partial charge on any atom is 0.273 e. The SMILES string of the molecule is Cn1c(C(=O)Nc2ccc(C(=O)N3CCc4ccccc43)cc2)c(Cl)c2ccccc21. The summed E-state index contributed by atoms with van der Waals surface area (Å²) in [5.74, 6) is -0.337. The fraction of sp³-hybridized carbons (Fsp3) is 0.120. The largest absolute Gasteiger partial charge is 0.338 e. The quantitative estimate of drug-likeness (QED) is 0.481. The predicted octanol–water partition coefficient (Wildman–Crippen LogP) is 5.29. The van der Waals surface area contributed by atoms with Gasteiger partial charge in [0.2, 0.25) is 0 Å². The number of benzene rings is 3. The first-order valence-corrected chi connectivity index (χ1v) is 10.5. The van der Waals surface area contributed by atoms with Crippen molar-refractivity contribution < 1.29 is 9.59 Å². The van der Waals surface area contributed by atoms with Gasteiger partial charge in [0.05, 0.1) is 5.02 Å². The summed E-state index contributed by atoms with van der Waals surface area (Å²) in [7, 11) is 1.82. The molecule has 0 radical (unpaired) electrons. The monoisotopic (exact) mass is 429 g/mol. The molecule has 1 aromatic heterocycles. The topological polar surface area (TPSA) is 54.3 Å². The van der Waals surface area contributed by atoms with E-state index < -0.39 is 0 Å². The van der Waals surface area contributed by atoms with Gasteiger partial charge in [-0.25, -0.2) is 0 Å². The van der Waals surface area contributed by atoms with Gasteiger partial charge >= 0.3 is 0 Å². The lowest BCUT2D eigenvalue weighted by Crippen LogP contribution is -2.28. The van der Waals surface area contributed by atoms with Crippen molar-refractivity contribution in [1.29, 1.82) is 0 Å². The highest BCUT2D eigenvalue weighted by Gasteiger charge is 2.25. The molecule has 3 aromatic carbocycles. The van der Waals surface area contributed by atoms with Crippen LogP contribution in [0.15, 0.2) is 72.8 Å². The summed E-state index contributed by atoms with van der Waals surface area (Å²) in [6.07, 6.45) is 0.863. The Morgan fingerprint density at radius 1 is 0.935 bits per heavy atom. The molecular weight excluding hydrogens is 410 g/mol. The number of rotatable bonds is 3. The molecule has 1 aliphatic heterocycles. The van der Waals surface area contributed by atoms with E-state index in [1.54, 1.807) is 33.7 Å². The van der Waals surface area contributed by atoms with Gasteiger partial charge in [0, 0.05) is 41.4 Å². The number of fused-ring (bicyclic) bond motifs is 2. The highest BCUT2D eigenvalue weighted by atomic mass is 35.5. The van der Waals surface area contributed by atoms with E-state index in [9.17, 15) is 9.59 Å². The molecule has 1 aliphatic rings. The molecule has 0 atom stereocenters. The smallest absolute Gasteiger partial charge is 0.273 e. The molecule has 0 saturated carbocycles. The second kappa shape index (κ2) is 7.60. The van der Waals surface area contributed by atoms with Gasteiger partial charge < -0.3 is 14.8 Å². The average Bonchev–Trinajstić information content (AvgIpc) is 3.33. The summed E-state index contributed by atoms with van der Waals surface area (Å²) < 4.78 is 1.79. The molecular formula is C25H20ClN3O2. The van der Waals surface area contributed by atoms with Crippen LogP contribution in [0.25, 0.3) is 10.9 Å². The molecule has 2 heterocycles. The fourth-order valence-electron chi connectivity index (χ4n) is 4.19. The maximum absolute atomic E-state index is 13.0. The van der Waals surface area contributed by atoms with Crippen molar-refractivity contribution in [3.63, 3.8) is 0 Å². The number of aryl methyl sites for hydroxylation is 1. The van der Waals surface area contributed by atoms with Crippen molar-refractivity contribution in [1.82, 2.24) is 4.57 Å². The molecule has 5 rings (SSSR count). The Balaban J connectivity index is 1.36. The number of para-hydroxylation sites is 2. The normalized spacial score (nSPS) is 12.8. The number of halogens is 1. The van der Waals surface area contributed by atoms with E-state index in [0.717, 1.165) is 23.0 Å². The van der Waals surface area contributed by atoms with Crippen LogP contribution in [0.5, 0.6) is 0 Å². The number of nitrogens with zero attached hydrogens (tertiary/aromatic N) is 2. The third-order valence-electron chi connectivity index (χ3n) is 5.78. The van der Waals surface area contributed by atoms with E-state index >= 15 is 0 Å². The second-order valence-corrected chi connectivity index (χ2v) is 7.98. The van der Waals surface area contributed by atoms with Crippen molar-refractivity contribution in [3.8, 4) is 0 Å². The van der Waals surface area contributed by atoms with Gasteiger partial charge in [-0.2, -0.15) is 0 Å². The molecule has 154 valence electrons. The van der Waals surface area contributed by atoms with Crippen molar-refractivity contribution in [2.24, 2.45) is 7.05 Å². The van der Waals surface area contributed by atoms with Gasteiger partial charge in [-0.05, 0) is 48.4 Å². The molecule has 5 nitrogen and oxygen atoms in total. The zero-order valence-corrected chi connectivity index (χ0v) is 17.7. The van der Waals surface area contributed by atoms with Crippen LogP contribution in [0, 0.1) is 0 Å². The zero-order chi connectivity index (χ0) is 21.5. The summed E-state index contributed by atoms with van der Waals surface area (Å²) in [5, 5.41) is 4.15. The zero-order valence-electron chi connectivity index (χ0n) is 16.9. The van der Waals surface area contributed by atoms with E-state index in [-0.39, 0.29) is 11.8 Å². The van der Waals surface area contributed by atoms with Crippen LogP contribution < -0.4 is 10.2 Å². The number of carbonyl (C=O) groups is 2. The Labute approximate surface area is 184 Å². The Morgan fingerprint density at radius 3 is 2.42 bits per heavy atom. The predicted molar refractivity (Wildman–Crippen MR) is 124 cm³/mol. The first-order chi connectivity index (χ1) is 15.0. The number of aromatic nitrogens is 1. The molecule has 6 heteroatoms. The van der Waals surface area contributed by atoms with E-state index in [4.69, 9.17) is 11.6 Å². The first kappa shape index (κ1) is 19.4. The molecule has 2 amide bonds. The summed E-state index contributed by atoms with van der Waals surface area (Å²) in [6, 6.07) is 22.5. The second-order valence-electron chi connectivity index (χ2n) is 7.61. The lowest BCUT2D eigenvalue weighted by Gasteiger charge is -2.17. The molecule has 4 aromatic rings. The maximum atomic E-state index is 13.0. The van der Waals surface area contributed by atoms with Gasteiger partial charge in [-0.3, -0.25) is 9.59 Å². The molecule has 0 bridgehead atoms. The van der Waals surface area contributed by atoms with E-state index in [0.29, 0.717) is 28.5 Å². The van der Waals surface area contributed by atoms with Crippen molar-refractivity contribution in [2.45, 2.75) is 6.42 Å². The molecule has 0 fully saturated rings. The number of carbonyl (C=O) groups excluding carboxylic acids is 2. The van der Waals surface area contributed by atoms with Crippen LogP contribution in [0.4, 0.5) is 11.4 Å². The third kappa shape index (κ3) is 3.27. The number of hydrogen-bond acceptors (Lipinski definition) is 2. The molecule has 1 N–H and O–H groups in total. The fourth-order valence-corrected chi connectivity index (χ4v) is 4.56. The van der Waals surface area contributed by atoms with Crippen LogP contribution in [0.3, 0.4) is 0 Å². The van der Waals surface area contributed by atoms with Crippen molar-refractivity contribution in [3.05, 3.63) is 94.6 Å². The highest BCUT2D eigenvalue weighted by Crippen LogP contribution is 2.31. The number of hydrogen-bond donors (Lipinski definition) is 1. The minimum absolute atomic E-state index is 0.0421. The standard InChI is InChI=1S/C25H20ClN3O2/c1-28-21-9-5-3-7-19(21)22(26)23(28)24(30)27-18-12-10-17(11-13-18)25(31)29-15-14-16-6-2-4-8-20(16)29/h2-13H,14-15H2,1H3,(H,27,30). The summed E-state index contributed by atoms with van der Waals surface area (Å²) in [5.41, 5.74) is 4.63. The minimum atomic E-state index is -0.295. The van der Waals surface area contributed by atoms with Gasteiger partial charge in [0.25, 0.3) is 11.8 Å². The van der Waals surface area contributed by atoms with Crippen LogP contribution >= 0.6 is 11.6 Å². The molecule has 0 unspecified atom stereocenters. The lowest BCUT2D eigenvalue weighted by atomic mass is 10.1. The van der Waals surface area contributed by atoms with Gasteiger partial charge in [-0.1, -0.05) is 48.0 Å². The summed E-state index contributed by atoms with van der Waals surface area (Å²) >= 11 is 6.47. The minimum Gasteiger partial charge on any atom is -0.338 e. The Morgan fingerprint density at radius 2 is 1.65 bits per heavy atom. The van der Waals surface area contributed by atoms with Crippen LogP contribution in [-0.2, 0) is 13.5 Å². The molecule has 0 saturated heterocycles. The van der Waals surface area contributed by atoms with Gasteiger partial charge in [0.1, 0.15) is 5.69 Å². The van der Waals surface area contributed by atoms with Crippen molar-refractivity contribution >= 4 is 45.7 Å². The first-order valence-electron chi connectivity index (χ1n) is 10.1. The van der Waals surface area contributed by atoms with E-state index in [1.165, 1.54) is 5.56 Å². The number of nitrogens with one attached hydrogen (secondary N) is 1. The van der Waals surface area contributed by atoms with Crippen LogP contribution in [0.2, 0.25) is 5.02 Å². The molecule has 0 spiro atoms. The average molecular weight is 430 g/mol. The van der Waals surface area contributed by atoms with Crippen molar-refractivity contribution in [2.75, 3.05) is 16.8 Å². The van der Waals surface area contributed by atoms with E-state index in [2.05, 4.69) is 11.4 Å². The van der Waals surface area contributed by atoms with Gasteiger partial charge in [-0.15, -0.1) is 0 Å². The third-order valence-corrected chi connectivity index (χ3v) is 6.16. The van der Waals surface area contributed by atoms with Crippen LogP contribution in [-0.4, -0.2) is 22.9 Å². The Kier molecular flexibility index (Phi) is 4.75.